The van der Waals surface area contributed by atoms with Gasteiger partial charge in [-0.3, -0.25) is 4.79 Å². The van der Waals surface area contributed by atoms with Gasteiger partial charge in [-0.1, -0.05) is 34.8 Å². The highest BCUT2D eigenvalue weighted by Crippen LogP contribution is 2.33. The van der Waals surface area contributed by atoms with Crippen molar-refractivity contribution in [3.8, 4) is 5.69 Å². The van der Waals surface area contributed by atoms with Gasteiger partial charge >= 0.3 is 0 Å². The summed E-state index contributed by atoms with van der Waals surface area (Å²) in [5.41, 5.74) is 0.0752. The molecule has 0 spiro atoms. The third-order valence-corrected chi connectivity index (χ3v) is 4.90. The van der Waals surface area contributed by atoms with E-state index in [9.17, 15) is 9.90 Å². The lowest BCUT2D eigenvalue weighted by Gasteiger charge is -2.22. The summed E-state index contributed by atoms with van der Waals surface area (Å²) < 4.78 is 1.14. The van der Waals surface area contributed by atoms with E-state index in [2.05, 4.69) is 5.10 Å². The first kappa shape index (κ1) is 16.6. The Labute approximate surface area is 148 Å². The third kappa shape index (κ3) is 3.19. The van der Waals surface area contributed by atoms with E-state index < -0.39 is 11.2 Å². The lowest BCUT2D eigenvalue weighted by molar-refractivity contribution is 0.0839. The van der Waals surface area contributed by atoms with Crippen LogP contribution >= 0.6 is 34.8 Å². The van der Waals surface area contributed by atoms with Crippen LogP contribution in [-0.4, -0.2) is 33.6 Å². The van der Waals surface area contributed by atoms with Crippen molar-refractivity contribution in [2.45, 2.75) is 18.9 Å². The molecule has 0 bridgehead atoms. The van der Waals surface area contributed by atoms with Gasteiger partial charge in [0.15, 0.2) is 0 Å². The highest BCUT2D eigenvalue weighted by atomic mass is 35.5. The first-order valence-electron chi connectivity index (χ1n) is 6.99. The lowest BCUT2D eigenvalue weighted by atomic mass is 10.1. The zero-order valence-electron chi connectivity index (χ0n) is 12.3. The molecule has 1 saturated heterocycles. The van der Waals surface area contributed by atoms with Crippen molar-refractivity contribution in [2.24, 2.45) is 0 Å². The molecule has 0 saturated carbocycles. The summed E-state index contributed by atoms with van der Waals surface area (Å²) >= 11 is 18.0. The van der Waals surface area contributed by atoms with Gasteiger partial charge in [0, 0.05) is 13.1 Å². The van der Waals surface area contributed by atoms with Gasteiger partial charge in [0.2, 0.25) is 0 Å². The Kier molecular flexibility index (Phi) is 4.31. The Morgan fingerprint density at radius 2 is 2.00 bits per heavy atom. The number of halogens is 3. The Balaban J connectivity index is 1.97. The zero-order chi connectivity index (χ0) is 16.8. The Bertz CT molecular complexity index is 820. The molecule has 0 aliphatic carbocycles. The van der Waals surface area contributed by atoms with Gasteiger partial charge in [0.25, 0.3) is 5.56 Å². The predicted molar refractivity (Wildman–Crippen MR) is 92.3 cm³/mol. The van der Waals surface area contributed by atoms with E-state index in [0.29, 0.717) is 23.7 Å². The minimum atomic E-state index is -0.718. The van der Waals surface area contributed by atoms with E-state index in [-0.39, 0.29) is 10.0 Å². The molecule has 1 fully saturated rings. The van der Waals surface area contributed by atoms with Crippen LogP contribution in [0.25, 0.3) is 5.69 Å². The first-order valence-corrected chi connectivity index (χ1v) is 8.12. The number of benzene rings is 1. The third-order valence-electron chi connectivity index (χ3n) is 3.84. The average molecular weight is 375 g/mol. The zero-order valence-corrected chi connectivity index (χ0v) is 14.5. The van der Waals surface area contributed by atoms with E-state index in [0.717, 1.165) is 16.9 Å². The van der Waals surface area contributed by atoms with Crippen molar-refractivity contribution >= 4 is 40.5 Å². The van der Waals surface area contributed by atoms with Crippen LogP contribution in [0.4, 0.5) is 5.69 Å². The quantitative estimate of drug-likeness (QED) is 0.877. The van der Waals surface area contributed by atoms with E-state index in [1.165, 1.54) is 6.20 Å². The maximum atomic E-state index is 12.1. The number of anilines is 1. The van der Waals surface area contributed by atoms with Crippen molar-refractivity contribution in [2.75, 3.05) is 18.0 Å². The smallest absolute Gasteiger partial charge is 0.291 e. The maximum Gasteiger partial charge on any atom is 0.291 e. The fourth-order valence-electron chi connectivity index (χ4n) is 2.63. The second-order valence-corrected chi connectivity index (χ2v) is 7.02. The van der Waals surface area contributed by atoms with Crippen LogP contribution in [0.3, 0.4) is 0 Å². The Morgan fingerprint density at radius 3 is 2.61 bits per heavy atom. The monoisotopic (exact) mass is 373 g/mol. The van der Waals surface area contributed by atoms with Gasteiger partial charge in [0.05, 0.1) is 33.2 Å². The van der Waals surface area contributed by atoms with Crippen LogP contribution in [-0.2, 0) is 0 Å². The minimum Gasteiger partial charge on any atom is -0.388 e. The molecule has 1 unspecified atom stereocenters. The molecule has 3 rings (SSSR count). The summed E-state index contributed by atoms with van der Waals surface area (Å²) in [5.74, 6) is 0. The average Bonchev–Trinajstić information content (AvgIpc) is 2.85. The summed E-state index contributed by atoms with van der Waals surface area (Å²) in [6, 6.07) is 5.17. The van der Waals surface area contributed by atoms with E-state index >= 15 is 0 Å². The van der Waals surface area contributed by atoms with E-state index in [1.54, 1.807) is 25.1 Å². The van der Waals surface area contributed by atoms with Crippen LogP contribution in [0.2, 0.25) is 15.1 Å². The standard InChI is InChI=1S/C15H14Cl3N3O2/c1-15(23)4-5-20(8-15)12-3-2-9(6-10(12)16)21-14(22)13(18)11(17)7-19-21/h2-3,6-7,23H,4-5,8H2,1H3. The molecular formula is C15H14Cl3N3O2. The molecule has 1 aromatic heterocycles. The summed E-state index contributed by atoms with van der Waals surface area (Å²) in [7, 11) is 0. The molecule has 1 aliphatic heterocycles. The molecule has 2 heterocycles. The largest absolute Gasteiger partial charge is 0.388 e. The number of hydrogen-bond acceptors (Lipinski definition) is 4. The second kappa shape index (κ2) is 5.98. The summed E-state index contributed by atoms with van der Waals surface area (Å²) in [4.78, 5) is 14.1. The number of β-amino-alcohol motifs (C(OH)–C–C–N with tert-alkyl or cyclic N) is 1. The first-order chi connectivity index (χ1) is 10.8. The van der Waals surface area contributed by atoms with Crippen molar-refractivity contribution in [1.29, 1.82) is 0 Å². The number of aliphatic hydroxyl groups is 1. The number of nitrogens with zero attached hydrogens (tertiary/aromatic N) is 3. The number of aromatic nitrogens is 2. The fourth-order valence-corrected chi connectivity index (χ4v) is 3.18. The topological polar surface area (TPSA) is 58.4 Å². The summed E-state index contributed by atoms with van der Waals surface area (Å²) in [6.07, 6.45) is 1.99. The molecule has 8 heteroatoms. The Morgan fingerprint density at radius 1 is 1.26 bits per heavy atom. The maximum absolute atomic E-state index is 12.1. The van der Waals surface area contributed by atoms with Gasteiger partial charge < -0.3 is 10.0 Å². The Hall–Kier alpha value is -1.27. The predicted octanol–water partition coefficient (Wildman–Crippen LogP) is 3.15. The normalized spacial score (nSPS) is 21.0. The SMILES string of the molecule is CC1(O)CCN(c2ccc(-n3ncc(Cl)c(Cl)c3=O)cc2Cl)C1. The molecule has 1 aromatic carbocycles. The van der Waals surface area contributed by atoms with Gasteiger partial charge in [-0.15, -0.1) is 0 Å². The van der Waals surface area contributed by atoms with Crippen molar-refractivity contribution in [3.05, 3.63) is 49.8 Å². The molecule has 1 atom stereocenters. The van der Waals surface area contributed by atoms with Crippen LogP contribution in [0.15, 0.2) is 29.2 Å². The molecule has 2 aromatic rings. The molecule has 0 radical (unpaired) electrons. The molecule has 5 nitrogen and oxygen atoms in total. The second-order valence-electron chi connectivity index (χ2n) is 5.83. The molecule has 122 valence electrons. The summed E-state index contributed by atoms with van der Waals surface area (Å²) in [5, 5.41) is 14.5. The molecule has 0 amide bonds. The van der Waals surface area contributed by atoms with Gasteiger partial charge in [0.1, 0.15) is 5.02 Å². The van der Waals surface area contributed by atoms with E-state index in [1.807, 2.05) is 4.90 Å². The van der Waals surface area contributed by atoms with Crippen LogP contribution in [0.5, 0.6) is 0 Å². The number of hydrogen-bond donors (Lipinski definition) is 1. The van der Waals surface area contributed by atoms with Gasteiger partial charge in [-0.25, -0.2) is 0 Å². The highest BCUT2D eigenvalue weighted by Gasteiger charge is 2.32. The number of rotatable bonds is 2. The summed E-state index contributed by atoms with van der Waals surface area (Å²) in [6.45, 7) is 3.03. The molecule has 1 N–H and O–H groups in total. The van der Waals surface area contributed by atoms with Gasteiger partial charge in [-0.2, -0.15) is 9.78 Å². The molecule has 23 heavy (non-hydrogen) atoms. The van der Waals surface area contributed by atoms with Crippen LogP contribution in [0, 0.1) is 0 Å². The van der Waals surface area contributed by atoms with Crippen LogP contribution in [0.1, 0.15) is 13.3 Å². The lowest BCUT2D eigenvalue weighted by Crippen LogP contribution is -2.29. The van der Waals surface area contributed by atoms with Crippen molar-refractivity contribution in [1.82, 2.24) is 9.78 Å². The highest BCUT2D eigenvalue weighted by molar-refractivity contribution is 6.41. The van der Waals surface area contributed by atoms with Crippen LogP contribution < -0.4 is 10.5 Å². The molecular weight excluding hydrogens is 361 g/mol. The van der Waals surface area contributed by atoms with Crippen molar-refractivity contribution in [3.63, 3.8) is 0 Å². The van der Waals surface area contributed by atoms with Crippen molar-refractivity contribution < 1.29 is 5.11 Å². The fraction of sp³-hybridized carbons (Fsp3) is 0.333. The van der Waals surface area contributed by atoms with E-state index in [4.69, 9.17) is 34.8 Å². The molecule has 1 aliphatic rings. The van der Waals surface area contributed by atoms with Gasteiger partial charge in [-0.05, 0) is 31.5 Å². The minimum absolute atomic E-state index is 0.0857.